The molecule has 3 heteroatoms. The Morgan fingerprint density at radius 3 is 2.85 bits per heavy atom. The van der Waals surface area contributed by atoms with Gasteiger partial charge in [0, 0.05) is 17.1 Å². The van der Waals surface area contributed by atoms with E-state index in [4.69, 9.17) is 10.5 Å². The first-order valence-electron chi connectivity index (χ1n) is 7.75. The standard InChI is InChI=1S/C17H24BrNO/c1-12-4-5-14(18)10-15(12)16(19)13-6-9-20-17(11-13)7-2-3-8-17/h4-5,10,13,16H,2-3,6-9,11,19H2,1H3. The molecule has 2 N–H and O–H groups in total. The second-order valence-electron chi connectivity index (χ2n) is 6.52. The molecule has 0 amide bonds. The van der Waals surface area contributed by atoms with Crippen molar-refractivity contribution >= 4 is 15.9 Å². The molecule has 1 aliphatic carbocycles. The Morgan fingerprint density at radius 1 is 1.35 bits per heavy atom. The fourth-order valence-corrected chi connectivity index (χ4v) is 4.34. The predicted octanol–water partition coefficient (Wildman–Crippen LogP) is 4.50. The van der Waals surface area contributed by atoms with Crippen molar-refractivity contribution in [2.24, 2.45) is 11.7 Å². The minimum absolute atomic E-state index is 0.133. The Kier molecular flexibility index (Phi) is 4.21. The van der Waals surface area contributed by atoms with E-state index in [-0.39, 0.29) is 11.6 Å². The van der Waals surface area contributed by atoms with Gasteiger partial charge in [-0.2, -0.15) is 0 Å². The molecule has 1 saturated carbocycles. The van der Waals surface area contributed by atoms with Gasteiger partial charge >= 0.3 is 0 Å². The van der Waals surface area contributed by atoms with Crippen molar-refractivity contribution in [1.82, 2.24) is 0 Å². The highest BCUT2D eigenvalue weighted by Gasteiger charge is 2.41. The molecular formula is C17H24BrNO. The summed E-state index contributed by atoms with van der Waals surface area (Å²) in [5, 5.41) is 0. The number of rotatable bonds is 2. The average molecular weight is 338 g/mol. The summed E-state index contributed by atoms with van der Waals surface area (Å²) in [6, 6.07) is 6.57. The molecule has 2 unspecified atom stereocenters. The Bertz CT molecular complexity index is 482. The third-order valence-electron chi connectivity index (χ3n) is 5.15. The lowest BCUT2D eigenvalue weighted by Crippen LogP contribution is -2.40. The van der Waals surface area contributed by atoms with Crippen LogP contribution in [-0.2, 0) is 4.74 Å². The molecule has 0 bridgehead atoms. The second kappa shape index (κ2) is 5.78. The zero-order chi connectivity index (χ0) is 14.2. The van der Waals surface area contributed by atoms with E-state index in [0.29, 0.717) is 5.92 Å². The maximum Gasteiger partial charge on any atom is 0.0685 e. The van der Waals surface area contributed by atoms with Crippen LogP contribution in [0.15, 0.2) is 22.7 Å². The summed E-state index contributed by atoms with van der Waals surface area (Å²) in [4.78, 5) is 0. The van der Waals surface area contributed by atoms with E-state index in [1.807, 2.05) is 0 Å². The van der Waals surface area contributed by atoms with E-state index in [0.717, 1.165) is 23.9 Å². The van der Waals surface area contributed by atoms with Gasteiger partial charge in [-0.1, -0.05) is 34.8 Å². The summed E-state index contributed by atoms with van der Waals surface area (Å²) in [6.45, 7) is 3.04. The van der Waals surface area contributed by atoms with Crippen LogP contribution in [0.5, 0.6) is 0 Å². The number of aryl methyl sites for hydroxylation is 1. The molecule has 1 spiro atoms. The van der Waals surface area contributed by atoms with Crippen LogP contribution >= 0.6 is 15.9 Å². The summed E-state index contributed by atoms with van der Waals surface area (Å²) in [5.41, 5.74) is 9.36. The quantitative estimate of drug-likeness (QED) is 0.862. The summed E-state index contributed by atoms with van der Waals surface area (Å²) < 4.78 is 7.25. The van der Waals surface area contributed by atoms with Crippen LogP contribution in [0.1, 0.15) is 55.7 Å². The van der Waals surface area contributed by atoms with Crippen LogP contribution in [0.4, 0.5) is 0 Å². The minimum atomic E-state index is 0.133. The first-order valence-corrected chi connectivity index (χ1v) is 8.55. The van der Waals surface area contributed by atoms with E-state index in [1.165, 1.54) is 36.8 Å². The van der Waals surface area contributed by atoms with Gasteiger partial charge in [-0.15, -0.1) is 0 Å². The molecule has 2 fully saturated rings. The third kappa shape index (κ3) is 2.81. The lowest BCUT2D eigenvalue weighted by molar-refractivity contribution is -0.0964. The molecule has 20 heavy (non-hydrogen) atoms. The molecule has 2 atom stereocenters. The van der Waals surface area contributed by atoms with E-state index < -0.39 is 0 Å². The van der Waals surface area contributed by atoms with Crippen molar-refractivity contribution in [3.63, 3.8) is 0 Å². The Balaban J connectivity index is 1.79. The second-order valence-corrected chi connectivity index (χ2v) is 7.43. The lowest BCUT2D eigenvalue weighted by atomic mass is 9.78. The fourth-order valence-electron chi connectivity index (χ4n) is 3.96. The van der Waals surface area contributed by atoms with E-state index in [1.54, 1.807) is 0 Å². The van der Waals surface area contributed by atoms with Crippen LogP contribution in [0, 0.1) is 12.8 Å². The summed E-state index contributed by atoms with van der Waals surface area (Å²) >= 11 is 3.57. The van der Waals surface area contributed by atoms with Crippen LogP contribution in [-0.4, -0.2) is 12.2 Å². The summed E-state index contributed by atoms with van der Waals surface area (Å²) in [6.07, 6.45) is 7.33. The molecule has 1 aromatic rings. The number of benzene rings is 1. The monoisotopic (exact) mass is 337 g/mol. The number of ether oxygens (including phenoxy) is 1. The minimum Gasteiger partial charge on any atom is -0.375 e. The van der Waals surface area contributed by atoms with Crippen molar-refractivity contribution in [1.29, 1.82) is 0 Å². The summed E-state index contributed by atoms with van der Waals surface area (Å²) in [7, 11) is 0. The van der Waals surface area contributed by atoms with Crippen LogP contribution in [0.2, 0.25) is 0 Å². The van der Waals surface area contributed by atoms with Crippen LogP contribution in [0.25, 0.3) is 0 Å². The Morgan fingerprint density at radius 2 is 2.10 bits per heavy atom. The molecule has 2 aliphatic rings. The van der Waals surface area contributed by atoms with Gasteiger partial charge in [0.05, 0.1) is 5.60 Å². The maximum absolute atomic E-state index is 6.61. The molecule has 0 radical (unpaired) electrons. The lowest BCUT2D eigenvalue weighted by Gasteiger charge is -2.40. The SMILES string of the molecule is Cc1ccc(Br)cc1C(N)C1CCOC2(CCCC2)C1. The van der Waals surface area contributed by atoms with Gasteiger partial charge in [0.2, 0.25) is 0 Å². The molecule has 2 nitrogen and oxygen atoms in total. The van der Waals surface area contributed by atoms with Gasteiger partial charge in [-0.05, 0) is 61.8 Å². The molecule has 1 aromatic carbocycles. The maximum atomic E-state index is 6.61. The van der Waals surface area contributed by atoms with Gasteiger partial charge in [0.1, 0.15) is 0 Å². The van der Waals surface area contributed by atoms with Crippen LogP contribution < -0.4 is 5.73 Å². The number of halogens is 1. The molecular weight excluding hydrogens is 314 g/mol. The topological polar surface area (TPSA) is 35.2 Å². The van der Waals surface area contributed by atoms with Crippen molar-refractivity contribution in [2.75, 3.05) is 6.61 Å². The van der Waals surface area contributed by atoms with E-state index in [2.05, 4.69) is 41.1 Å². The molecule has 110 valence electrons. The predicted molar refractivity (Wildman–Crippen MR) is 85.7 cm³/mol. The summed E-state index contributed by atoms with van der Waals surface area (Å²) in [5.74, 6) is 0.551. The molecule has 1 aliphatic heterocycles. The molecule has 3 rings (SSSR count). The first-order chi connectivity index (χ1) is 9.60. The molecule has 0 aromatic heterocycles. The molecule has 1 saturated heterocycles. The van der Waals surface area contributed by atoms with Crippen molar-refractivity contribution in [3.8, 4) is 0 Å². The Hall–Kier alpha value is -0.380. The van der Waals surface area contributed by atoms with E-state index >= 15 is 0 Å². The zero-order valence-corrected chi connectivity index (χ0v) is 13.8. The van der Waals surface area contributed by atoms with Gasteiger partial charge in [0.25, 0.3) is 0 Å². The van der Waals surface area contributed by atoms with Gasteiger partial charge in [0.15, 0.2) is 0 Å². The van der Waals surface area contributed by atoms with Gasteiger partial charge < -0.3 is 10.5 Å². The van der Waals surface area contributed by atoms with Crippen molar-refractivity contribution in [2.45, 2.75) is 57.1 Å². The van der Waals surface area contributed by atoms with Gasteiger partial charge in [-0.25, -0.2) is 0 Å². The third-order valence-corrected chi connectivity index (χ3v) is 5.65. The zero-order valence-electron chi connectivity index (χ0n) is 12.2. The molecule has 1 heterocycles. The fraction of sp³-hybridized carbons (Fsp3) is 0.647. The highest BCUT2D eigenvalue weighted by atomic mass is 79.9. The first kappa shape index (κ1) is 14.6. The number of nitrogens with two attached hydrogens (primary N) is 1. The van der Waals surface area contributed by atoms with Gasteiger partial charge in [-0.3, -0.25) is 0 Å². The van der Waals surface area contributed by atoms with E-state index in [9.17, 15) is 0 Å². The largest absolute Gasteiger partial charge is 0.375 e. The number of hydrogen-bond acceptors (Lipinski definition) is 2. The van der Waals surface area contributed by atoms with Crippen molar-refractivity contribution < 1.29 is 4.74 Å². The smallest absolute Gasteiger partial charge is 0.0685 e. The average Bonchev–Trinajstić information content (AvgIpc) is 2.88. The Labute approximate surface area is 130 Å². The highest BCUT2D eigenvalue weighted by molar-refractivity contribution is 9.10. The normalized spacial score (nSPS) is 26.9. The van der Waals surface area contributed by atoms with Crippen molar-refractivity contribution in [3.05, 3.63) is 33.8 Å². The van der Waals surface area contributed by atoms with Crippen LogP contribution in [0.3, 0.4) is 0 Å². The number of hydrogen-bond donors (Lipinski definition) is 1. The highest BCUT2D eigenvalue weighted by Crippen LogP contribution is 2.45.